The third kappa shape index (κ3) is 4.04. The van der Waals surface area contributed by atoms with Crippen molar-refractivity contribution in [2.24, 2.45) is 11.3 Å². The lowest BCUT2D eigenvalue weighted by molar-refractivity contribution is 0.130. The van der Waals surface area contributed by atoms with E-state index in [-0.39, 0.29) is 5.82 Å². The zero-order chi connectivity index (χ0) is 13.9. The van der Waals surface area contributed by atoms with Gasteiger partial charge in [-0.1, -0.05) is 45.7 Å². The first-order valence-electron chi connectivity index (χ1n) is 7.44. The van der Waals surface area contributed by atoms with Crippen LogP contribution in [0, 0.1) is 17.2 Å². The van der Waals surface area contributed by atoms with Crippen LogP contribution in [-0.2, 0) is 6.54 Å². The highest BCUT2D eigenvalue weighted by Crippen LogP contribution is 2.38. The Balaban J connectivity index is 1.97. The van der Waals surface area contributed by atoms with Crippen molar-refractivity contribution in [3.8, 4) is 0 Å². The van der Waals surface area contributed by atoms with Crippen LogP contribution < -0.4 is 5.32 Å². The van der Waals surface area contributed by atoms with Crippen molar-refractivity contribution in [1.82, 2.24) is 5.32 Å². The molecule has 2 atom stereocenters. The van der Waals surface area contributed by atoms with E-state index in [0.29, 0.717) is 11.5 Å². The second-order valence-electron chi connectivity index (χ2n) is 6.87. The van der Waals surface area contributed by atoms with Gasteiger partial charge in [0.1, 0.15) is 5.82 Å². The van der Waals surface area contributed by atoms with Crippen molar-refractivity contribution < 1.29 is 4.39 Å². The molecule has 0 amide bonds. The van der Waals surface area contributed by atoms with Gasteiger partial charge in [-0.15, -0.1) is 0 Å². The van der Waals surface area contributed by atoms with Crippen LogP contribution in [0.25, 0.3) is 0 Å². The van der Waals surface area contributed by atoms with E-state index in [0.717, 1.165) is 18.0 Å². The molecular weight excluding hydrogens is 237 g/mol. The summed E-state index contributed by atoms with van der Waals surface area (Å²) >= 11 is 0. The van der Waals surface area contributed by atoms with Gasteiger partial charge in [0.25, 0.3) is 0 Å². The molecule has 1 saturated carbocycles. The fourth-order valence-corrected chi connectivity index (χ4v) is 3.31. The van der Waals surface area contributed by atoms with Crippen LogP contribution in [-0.4, -0.2) is 6.04 Å². The number of hydrogen-bond acceptors (Lipinski definition) is 1. The Morgan fingerprint density at radius 2 is 1.95 bits per heavy atom. The Bertz CT molecular complexity index is 408. The molecule has 2 heteroatoms. The third-order valence-electron chi connectivity index (χ3n) is 4.34. The lowest BCUT2D eigenvalue weighted by Gasteiger charge is -2.41. The molecule has 0 aliphatic heterocycles. The smallest absolute Gasteiger partial charge is 0.123 e. The summed E-state index contributed by atoms with van der Waals surface area (Å²) in [5.41, 5.74) is 1.39. The molecule has 2 rings (SSSR count). The van der Waals surface area contributed by atoms with Crippen molar-refractivity contribution in [2.45, 2.75) is 59.0 Å². The number of halogens is 1. The molecule has 1 aliphatic carbocycles. The van der Waals surface area contributed by atoms with Crippen LogP contribution in [0.5, 0.6) is 0 Å². The topological polar surface area (TPSA) is 12.0 Å². The summed E-state index contributed by atoms with van der Waals surface area (Å²) in [6.45, 7) is 7.77. The molecule has 0 aromatic heterocycles. The minimum Gasteiger partial charge on any atom is -0.310 e. The van der Waals surface area contributed by atoms with E-state index in [2.05, 4.69) is 26.1 Å². The van der Waals surface area contributed by atoms with Gasteiger partial charge in [-0.2, -0.15) is 0 Å². The molecule has 1 aliphatic rings. The maximum atomic E-state index is 13.2. The quantitative estimate of drug-likeness (QED) is 0.845. The minimum absolute atomic E-state index is 0.143. The summed E-state index contributed by atoms with van der Waals surface area (Å²) in [7, 11) is 0. The average Bonchev–Trinajstić information content (AvgIpc) is 2.36. The predicted molar refractivity (Wildman–Crippen MR) is 78.4 cm³/mol. The molecule has 1 N–H and O–H groups in total. The van der Waals surface area contributed by atoms with Crippen molar-refractivity contribution in [2.75, 3.05) is 0 Å². The minimum atomic E-state index is -0.143. The zero-order valence-electron chi connectivity index (χ0n) is 12.4. The van der Waals surface area contributed by atoms with Crippen LogP contribution in [0.1, 0.15) is 52.0 Å². The van der Waals surface area contributed by atoms with Gasteiger partial charge in [0.15, 0.2) is 0 Å². The molecular formula is C17H26FN. The van der Waals surface area contributed by atoms with Gasteiger partial charge in [0.05, 0.1) is 0 Å². The molecule has 106 valence electrons. The summed E-state index contributed by atoms with van der Waals surface area (Å²) in [6.07, 6.45) is 5.22. The van der Waals surface area contributed by atoms with Crippen LogP contribution in [0.4, 0.5) is 4.39 Å². The van der Waals surface area contributed by atoms with Gasteiger partial charge in [-0.05, 0) is 41.9 Å². The third-order valence-corrected chi connectivity index (χ3v) is 4.34. The summed E-state index contributed by atoms with van der Waals surface area (Å²) in [5.74, 6) is 0.574. The normalized spacial score (nSPS) is 24.4. The molecule has 0 heterocycles. The fraction of sp³-hybridized carbons (Fsp3) is 0.647. The first-order valence-corrected chi connectivity index (χ1v) is 7.44. The van der Waals surface area contributed by atoms with Gasteiger partial charge in [0, 0.05) is 12.6 Å². The van der Waals surface area contributed by atoms with Crippen LogP contribution in [0.2, 0.25) is 0 Å². The zero-order valence-corrected chi connectivity index (χ0v) is 12.4. The lowest BCUT2D eigenvalue weighted by Crippen LogP contribution is -2.43. The Morgan fingerprint density at radius 1 is 1.21 bits per heavy atom. The summed E-state index contributed by atoms with van der Waals surface area (Å²) in [6, 6.07) is 7.47. The monoisotopic (exact) mass is 263 g/mol. The molecule has 0 saturated heterocycles. The number of rotatable bonds is 3. The van der Waals surface area contributed by atoms with Crippen molar-refractivity contribution in [3.63, 3.8) is 0 Å². The van der Waals surface area contributed by atoms with Gasteiger partial charge in [-0.25, -0.2) is 4.39 Å². The van der Waals surface area contributed by atoms with Crippen molar-refractivity contribution >= 4 is 0 Å². The lowest BCUT2D eigenvalue weighted by atomic mass is 9.69. The molecule has 2 unspecified atom stereocenters. The van der Waals surface area contributed by atoms with E-state index in [4.69, 9.17) is 0 Å². The van der Waals surface area contributed by atoms with Gasteiger partial charge >= 0.3 is 0 Å². The fourth-order valence-electron chi connectivity index (χ4n) is 3.31. The summed E-state index contributed by atoms with van der Waals surface area (Å²) in [4.78, 5) is 0. The Labute approximate surface area is 116 Å². The van der Waals surface area contributed by atoms with E-state index in [1.54, 1.807) is 12.1 Å². The summed E-state index contributed by atoms with van der Waals surface area (Å²) in [5, 5.41) is 3.66. The van der Waals surface area contributed by atoms with Crippen molar-refractivity contribution in [3.05, 3.63) is 35.6 Å². The Hall–Kier alpha value is -0.890. The molecule has 19 heavy (non-hydrogen) atoms. The highest BCUT2D eigenvalue weighted by molar-refractivity contribution is 5.16. The summed E-state index contributed by atoms with van der Waals surface area (Å²) < 4.78 is 13.2. The van der Waals surface area contributed by atoms with E-state index >= 15 is 0 Å². The standard InChI is InChI=1S/C17H26FN/c1-17(2,3)15-9-4-5-10-16(15)19-12-13-7-6-8-14(18)11-13/h6-8,11,15-16,19H,4-5,9-10,12H2,1-3H3. The van der Waals surface area contributed by atoms with E-state index in [1.165, 1.54) is 31.7 Å². The molecule has 1 aromatic carbocycles. The maximum absolute atomic E-state index is 13.2. The van der Waals surface area contributed by atoms with Gasteiger partial charge < -0.3 is 5.32 Å². The highest BCUT2D eigenvalue weighted by Gasteiger charge is 2.33. The van der Waals surface area contributed by atoms with Crippen LogP contribution in [0.3, 0.4) is 0 Å². The molecule has 1 fully saturated rings. The van der Waals surface area contributed by atoms with Crippen molar-refractivity contribution in [1.29, 1.82) is 0 Å². The van der Waals surface area contributed by atoms with Gasteiger partial charge in [-0.3, -0.25) is 0 Å². The molecule has 0 bridgehead atoms. The number of benzene rings is 1. The molecule has 0 radical (unpaired) electrons. The number of hydrogen-bond donors (Lipinski definition) is 1. The largest absolute Gasteiger partial charge is 0.310 e. The van der Waals surface area contributed by atoms with E-state index < -0.39 is 0 Å². The molecule has 0 spiro atoms. The second kappa shape index (κ2) is 6.04. The van der Waals surface area contributed by atoms with Crippen LogP contribution in [0.15, 0.2) is 24.3 Å². The Morgan fingerprint density at radius 3 is 2.63 bits per heavy atom. The second-order valence-corrected chi connectivity index (χ2v) is 6.87. The first kappa shape index (κ1) is 14.5. The first-order chi connectivity index (χ1) is 8.97. The van der Waals surface area contributed by atoms with E-state index in [9.17, 15) is 4.39 Å². The van der Waals surface area contributed by atoms with E-state index in [1.807, 2.05) is 6.07 Å². The van der Waals surface area contributed by atoms with Crippen LogP contribution >= 0.6 is 0 Å². The molecule has 1 aromatic rings. The highest BCUT2D eigenvalue weighted by atomic mass is 19.1. The van der Waals surface area contributed by atoms with Gasteiger partial charge in [0.2, 0.25) is 0 Å². The predicted octanol–water partition coefficient (Wildman–Crippen LogP) is 4.52. The molecule has 1 nitrogen and oxygen atoms in total. The SMILES string of the molecule is CC(C)(C)C1CCCCC1NCc1cccc(F)c1. The number of nitrogens with one attached hydrogen (secondary N) is 1. The Kier molecular flexibility index (Phi) is 4.62. The maximum Gasteiger partial charge on any atom is 0.123 e. The average molecular weight is 263 g/mol.